The van der Waals surface area contributed by atoms with Gasteiger partial charge in [0.05, 0.1) is 6.61 Å². The molecule has 0 spiro atoms. The van der Waals surface area contributed by atoms with Crippen LogP contribution in [0.25, 0.3) is 0 Å². The van der Waals surface area contributed by atoms with E-state index in [-0.39, 0.29) is 6.61 Å². The van der Waals surface area contributed by atoms with E-state index in [1.807, 2.05) is 24.3 Å². The molecule has 0 atom stereocenters. The number of anilines is 1. The lowest BCUT2D eigenvalue weighted by molar-refractivity contribution is 0.282. The molecule has 0 radical (unpaired) electrons. The van der Waals surface area contributed by atoms with Crippen LogP contribution in [0.4, 0.5) is 5.69 Å². The predicted octanol–water partition coefficient (Wildman–Crippen LogP) is 3.41. The Morgan fingerprint density at radius 3 is 2.44 bits per heavy atom. The van der Waals surface area contributed by atoms with Crippen molar-refractivity contribution in [1.82, 2.24) is 0 Å². The molecular weight excluding hydrogens is 222 g/mol. The topological polar surface area (TPSA) is 32.3 Å². The molecular formula is C16H19NO. The van der Waals surface area contributed by atoms with E-state index >= 15 is 0 Å². The van der Waals surface area contributed by atoms with E-state index in [0.29, 0.717) is 0 Å². The highest BCUT2D eigenvalue weighted by Crippen LogP contribution is 2.18. The van der Waals surface area contributed by atoms with Crippen LogP contribution < -0.4 is 5.32 Å². The highest BCUT2D eigenvalue weighted by atomic mass is 16.3. The lowest BCUT2D eigenvalue weighted by Crippen LogP contribution is -2.04. The number of hydrogen-bond acceptors (Lipinski definition) is 2. The van der Waals surface area contributed by atoms with Crippen LogP contribution in [0.5, 0.6) is 0 Å². The van der Waals surface area contributed by atoms with Gasteiger partial charge in [-0.05, 0) is 36.6 Å². The maximum absolute atomic E-state index is 9.27. The van der Waals surface area contributed by atoms with Crippen molar-refractivity contribution in [3.8, 4) is 0 Å². The van der Waals surface area contributed by atoms with Gasteiger partial charge in [-0.3, -0.25) is 0 Å². The van der Waals surface area contributed by atoms with Gasteiger partial charge in [0.2, 0.25) is 0 Å². The van der Waals surface area contributed by atoms with Crippen molar-refractivity contribution in [3.05, 3.63) is 64.7 Å². The van der Waals surface area contributed by atoms with Crippen molar-refractivity contribution in [2.75, 3.05) is 5.32 Å². The number of nitrogens with one attached hydrogen (secondary N) is 1. The molecule has 2 N–H and O–H groups in total. The Balaban J connectivity index is 2.14. The number of hydrogen-bond donors (Lipinski definition) is 2. The number of aryl methyl sites for hydroxylation is 1. The first kappa shape index (κ1) is 12.7. The van der Waals surface area contributed by atoms with Crippen LogP contribution >= 0.6 is 0 Å². The SMILES string of the molecule is Cc1cccc(CNc2ccccc2CO)c1C. The van der Waals surface area contributed by atoms with E-state index < -0.39 is 0 Å². The van der Waals surface area contributed by atoms with Crippen LogP contribution in [0.15, 0.2) is 42.5 Å². The summed E-state index contributed by atoms with van der Waals surface area (Å²) in [5, 5.41) is 12.7. The highest BCUT2D eigenvalue weighted by molar-refractivity contribution is 5.51. The molecule has 0 saturated heterocycles. The van der Waals surface area contributed by atoms with Gasteiger partial charge in [0.15, 0.2) is 0 Å². The Bertz CT molecular complexity index is 534. The first-order chi connectivity index (χ1) is 8.72. The Morgan fingerprint density at radius 1 is 0.944 bits per heavy atom. The third kappa shape index (κ3) is 2.71. The maximum atomic E-state index is 9.27. The largest absolute Gasteiger partial charge is 0.392 e. The molecule has 2 aromatic rings. The van der Waals surface area contributed by atoms with E-state index in [9.17, 15) is 5.11 Å². The van der Waals surface area contributed by atoms with Crippen molar-refractivity contribution < 1.29 is 5.11 Å². The second-order valence-electron chi connectivity index (χ2n) is 4.53. The Morgan fingerprint density at radius 2 is 1.67 bits per heavy atom. The zero-order chi connectivity index (χ0) is 13.0. The normalized spacial score (nSPS) is 10.4. The van der Waals surface area contributed by atoms with Crippen LogP contribution in [0, 0.1) is 13.8 Å². The number of aliphatic hydroxyl groups excluding tert-OH is 1. The van der Waals surface area contributed by atoms with Crippen LogP contribution in [-0.2, 0) is 13.2 Å². The van der Waals surface area contributed by atoms with Gasteiger partial charge in [0, 0.05) is 17.8 Å². The smallest absolute Gasteiger partial charge is 0.0701 e. The maximum Gasteiger partial charge on any atom is 0.0701 e. The fourth-order valence-corrected chi connectivity index (χ4v) is 2.02. The van der Waals surface area contributed by atoms with E-state index in [0.717, 1.165) is 17.8 Å². The van der Waals surface area contributed by atoms with Crippen molar-refractivity contribution in [2.24, 2.45) is 0 Å². The molecule has 0 fully saturated rings. The number of para-hydroxylation sites is 1. The summed E-state index contributed by atoms with van der Waals surface area (Å²) in [4.78, 5) is 0. The molecule has 0 heterocycles. The summed E-state index contributed by atoms with van der Waals surface area (Å²) in [7, 11) is 0. The van der Waals surface area contributed by atoms with Crippen LogP contribution in [0.3, 0.4) is 0 Å². The summed E-state index contributed by atoms with van der Waals surface area (Å²) in [5.74, 6) is 0. The van der Waals surface area contributed by atoms with Crippen molar-refractivity contribution in [3.63, 3.8) is 0 Å². The van der Waals surface area contributed by atoms with E-state index in [1.54, 1.807) is 0 Å². The van der Waals surface area contributed by atoms with Crippen LogP contribution in [0.2, 0.25) is 0 Å². The Kier molecular flexibility index (Phi) is 4.00. The summed E-state index contributed by atoms with van der Waals surface area (Å²) in [6.07, 6.45) is 0. The fourth-order valence-electron chi connectivity index (χ4n) is 2.02. The summed E-state index contributed by atoms with van der Waals surface area (Å²) in [6, 6.07) is 14.2. The minimum atomic E-state index is 0.0654. The molecule has 0 amide bonds. The van der Waals surface area contributed by atoms with E-state index in [2.05, 4.69) is 37.4 Å². The average molecular weight is 241 g/mol. The summed E-state index contributed by atoms with van der Waals surface area (Å²) >= 11 is 0. The molecule has 0 aliphatic heterocycles. The summed E-state index contributed by atoms with van der Waals surface area (Å²) in [5.41, 5.74) is 5.86. The predicted molar refractivity (Wildman–Crippen MR) is 75.6 cm³/mol. The Labute approximate surface area is 108 Å². The molecule has 0 aromatic heterocycles. The molecule has 18 heavy (non-hydrogen) atoms. The number of aliphatic hydroxyl groups is 1. The van der Waals surface area contributed by atoms with Crippen molar-refractivity contribution >= 4 is 5.69 Å². The quantitative estimate of drug-likeness (QED) is 0.859. The standard InChI is InChI=1S/C16H19NO/c1-12-6-5-8-14(13(12)2)10-17-16-9-4-3-7-15(16)11-18/h3-9,17-18H,10-11H2,1-2H3. The van der Waals surface area contributed by atoms with Crippen LogP contribution in [-0.4, -0.2) is 5.11 Å². The molecule has 2 nitrogen and oxygen atoms in total. The first-order valence-electron chi connectivity index (χ1n) is 6.20. The molecule has 0 saturated carbocycles. The molecule has 0 aliphatic rings. The fraction of sp³-hybridized carbons (Fsp3) is 0.250. The molecule has 0 unspecified atom stereocenters. The highest BCUT2D eigenvalue weighted by Gasteiger charge is 2.03. The van der Waals surface area contributed by atoms with E-state index in [1.165, 1.54) is 16.7 Å². The zero-order valence-corrected chi connectivity index (χ0v) is 10.9. The molecule has 2 heteroatoms. The minimum Gasteiger partial charge on any atom is -0.392 e. The van der Waals surface area contributed by atoms with Gasteiger partial charge in [0.25, 0.3) is 0 Å². The number of rotatable bonds is 4. The molecule has 2 rings (SSSR count). The summed E-state index contributed by atoms with van der Waals surface area (Å²) < 4.78 is 0. The second-order valence-corrected chi connectivity index (χ2v) is 4.53. The van der Waals surface area contributed by atoms with E-state index in [4.69, 9.17) is 0 Å². The molecule has 2 aromatic carbocycles. The van der Waals surface area contributed by atoms with Gasteiger partial charge in [-0.2, -0.15) is 0 Å². The van der Waals surface area contributed by atoms with Gasteiger partial charge in [-0.1, -0.05) is 36.4 Å². The van der Waals surface area contributed by atoms with Gasteiger partial charge in [0.1, 0.15) is 0 Å². The monoisotopic (exact) mass is 241 g/mol. The van der Waals surface area contributed by atoms with Gasteiger partial charge in [-0.15, -0.1) is 0 Å². The third-order valence-corrected chi connectivity index (χ3v) is 3.37. The summed E-state index contributed by atoms with van der Waals surface area (Å²) in [6.45, 7) is 5.12. The van der Waals surface area contributed by atoms with Crippen LogP contribution in [0.1, 0.15) is 22.3 Å². The Hall–Kier alpha value is -1.80. The molecule has 0 bridgehead atoms. The van der Waals surface area contributed by atoms with Gasteiger partial charge >= 0.3 is 0 Å². The third-order valence-electron chi connectivity index (χ3n) is 3.37. The number of benzene rings is 2. The zero-order valence-electron chi connectivity index (χ0n) is 10.9. The van der Waals surface area contributed by atoms with Gasteiger partial charge < -0.3 is 10.4 Å². The molecule has 94 valence electrons. The van der Waals surface area contributed by atoms with Crippen molar-refractivity contribution in [2.45, 2.75) is 27.0 Å². The average Bonchev–Trinajstić information content (AvgIpc) is 2.41. The molecule has 0 aliphatic carbocycles. The lowest BCUT2D eigenvalue weighted by atomic mass is 10.0. The van der Waals surface area contributed by atoms with Gasteiger partial charge in [-0.25, -0.2) is 0 Å². The first-order valence-corrected chi connectivity index (χ1v) is 6.20. The lowest BCUT2D eigenvalue weighted by Gasteiger charge is -2.13. The van der Waals surface area contributed by atoms with Crippen molar-refractivity contribution in [1.29, 1.82) is 0 Å². The minimum absolute atomic E-state index is 0.0654. The second kappa shape index (κ2) is 5.69.